The van der Waals surface area contributed by atoms with Crippen LogP contribution in [0.5, 0.6) is 0 Å². The van der Waals surface area contributed by atoms with Gasteiger partial charge in [0.05, 0.1) is 6.54 Å². The Hall–Kier alpha value is -0.570. The van der Waals surface area contributed by atoms with Gasteiger partial charge < -0.3 is 10.1 Å². The zero-order valence-electron chi connectivity index (χ0n) is 11.8. The molecule has 0 saturated carbocycles. The molecule has 0 bridgehead atoms. The molecule has 0 radical (unpaired) electrons. The van der Waals surface area contributed by atoms with Crippen LogP contribution in [-0.2, 0) is 9.53 Å². The molecule has 0 aromatic heterocycles. The van der Waals surface area contributed by atoms with E-state index < -0.39 is 5.60 Å². The molecule has 1 unspecified atom stereocenters. The fourth-order valence-electron chi connectivity index (χ4n) is 1.07. The van der Waals surface area contributed by atoms with Gasteiger partial charge in [0.1, 0.15) is 5.60 Å². The molecule has 0 spiro atoms. The molecular weight excluding hydrogens is 202 g/mol. The molecule has 1 atom stereocenters. The van der Waals surface area contributed by atoms with Crippen LogP contribution in [0.25, 0.3) is 0 Å². The van der Waals surface area contributed by atoms with Crippen molar-refractivity contribution in [1.82, 2.24) is 5.32 Å². The number of carbonyl (C=O) groups excluding carboxylic acids is 1. The molecule has 1 N–H and O–H groups in total. The van der Waals surface area contributed by atoms with Gasteiger partial charge in [-0.3, -0.25) is 4.79 Å². The average molecular weight is 229 g/mol. The van der Waals surface area contributed by atoms with Crippen LogP contribution in [-0.4, -0.2) is 24.7 Å². The van der Waals surface area contributed by atoms with E-state index in [0.29, 0.717) is 5.92 Å². The lowest BCUT2D eigenvalue weighted by Crippen LogP contribution is -2.36. The van der Waals surface area contributed by atoms with Gasteiger partial charge in [-0.2, -0.15) is 0 Å². The third-order valence-corrected chi connectivity index (χ3v) is 2.62. The normalized spacial score (nSPS) is 14.7. The fraction of sp³-hybridized carbons (Fsp3) is 0.923. The first kappa shape index (κ1) is 15.4. The van der Waals surface area contributed by atoms with Crippen molar-refractivity contribution in [3.63, 3.8) is 0 Å². The number of nitrogens with one attached hydrogen (secondary N) is 1. The van der Waals surface area contributed by atoms with Crippen LogP contribution in [0.15, 0.2) is 0 Å². The molecule has 0 amide bonds. The van der Waals surface area contributed by atoms with Crippen molar-refractivity contribution < 1.29 is 9.53 Å². The summed E-state index contributed by atoms with van der Waals surface area (Å²) in [5.74, 6) is 0.337. The Balaban J connectivity index is 3.79. The van der Waals surface area contributed by atoms with Gasteiger partial charge in [-0.05, 0) is 38.6 Å². The molecule has 0 rings (SSSR count). The number of carbonyl (C=O) groups is 1. The Kier molecular flexibility index (Phi) is 5.47. The van der Waals surface area contributed by atoms with Crippen LogP contribution in [0.4, 0.5) is 0 Å². The third kappa shape index (κ3) is 7.69. The van der Waals surface area contributed by atoms with E-state index in [4.69, 9.17) is 4.74 Å². The van der Waals surface area contributed by atoms with Gasteiger partial charge in [0.2, 0.25) is 0 Å². The number of hydrogen-bond donors (Lipinski definition) is 1. The highest BCUT2D eigenvalue weighted by atomic mass is 16.6. The van der Waals surface area contributed by atoms with E-state index in [0.717, 1.165) is 6.54 Å². The van der Waals surface area contributed by atoms with E-state index in [1.807, 2.05) is 20.8 Å². The highest BCUT2D eigenvalue weighted by Crippen LogP contribution is 2.24. The third-order valence-electron chi connectivity index (χ3n) is 2.62. The molecule has 0 aromatic carbocycles. The molecule has 0 saturated heterocycles. The maximum Gasteiger partial charge on any atom is 0.320 e. The van der Waals surface area contributed by atoms with Gasteiger partial charge in [-0.1, -0.05) is 27.7 Å². The maximum absolute atomic E-state index is 11.4. The highest BCUT2D eigenvalue weighted by Gasteiger charge is 2.20. The summed E-state index contributed by atoms with van der Waals surface area (Å²) in [6.07, 6.45) is 0. The standard InChI is InChI=1S/C13H27NO2/c1-10(12(2,3)4)8-14-9-11(15)16-13(5,6)7/h10,14H,8-9H2,1-7H3. The number of ether oxygens (including phenoxy) is 1. The van der Waals surface area contributed by atoms with Crippen LogP contribution < -0.4 is 5.32 Å². The summed E-state index contributed by atoms with van der Waals surface area (Å²) >= 11 is 0. The van der Waals surface area contributed by atoms with E-state index in [1.54, 1.807) is 0 Å². The molecule has 0 aliphatic heterocycles. The Morgan fingerprint density at radius 3 is 2.06 bits per heavy atom. The van der Waals surface area contributed by atoms with E-state index in [1.165, 1.54) is 0 Å². The lowest BCUT2D eigenvalue weighted by atomic mass is 9.82. The SMILES string of the molecule is CC(CNCC(=O)OC(C)(C)C)C(C)(C)C. The first-order chi connectivity index (χ1) is 7.02. The molecule has 0 aliphatic rings. The molecule has 0 aromatic rings. The Labute approximate surface area is 99.9 Å². The number of hydrogen-bond acceptors (Lipinski definition) is 3. The predicted octanol–water partition coefficient (Wildman–Crippen LogP) is 2.60. The summed E-state index contributed by atoms with van der Waals surface area (Å²) in [6, 6.07) is 0. The van der Waals surface area contributed by atoms with Crippen molar-refractivity contribution >= 4 is 5.97 Å². The predicted molar refractivity (Wildman–Crippen MR) is 67.3 cm³/mol. The van der Waals surface area contributed by atoms with E-state index >= 15 is 0 Å². The lowest BCUT2D eigenvalue weighted by molar-refractivity contribution is -0.153. The smallest absolute Gasteiger partial charge is 0.320 e. The van der Waals surface area contributed by atoms with Crippen molar-refractivity contribution in [3.8, 4) is 0 Å². The van der Waals surface area contributed by atoms with Crippen molar-refractivity contribution in [1.29, 1.82) is 0 Å². The monoisotopic (exact) mass is 229 g/mol. The number of esters is 1. The maximum atomic E-state index is 11.4. The van der Waals surface area contributed by atoms with E-state index in [9.17, 15) is 4.79 Å². The first-order valence-corrected chi connectivity index (χ1v) is 5.95. The second-order valence-corrected chi connectivity index (χ2v) is 6.48. The molecule has 16 heavy (non-hydrogen) atoms. The zero-order valence-corrected chi connectivity index (χ0v) is 11.8. The summed E-state index contributed by atoms with van der Waals surface area (Å²) in [5.41, 5.74) is -0.130. The van der Waals surface area contributed by atoms with Gasteiger partial charge in [0.25, 0.3) is 0 Å². The Morgan fingerprint density at radius 2 is 1.69 bits per heavy atom. The van der Waals surface area contributed by atoms with Gasteiger partial charge in [-0.15, -0.1) is 0 Å². The van der Waals surface area contributed by atoms with Crippen molar-refractivity contribution in [2.45, 2.75) is 54.1 Å². The van der Waals surface area contributed by atoms with Gasteiger partial charge in [0, 0.05) is 0 Å². The topological polar surface area (TPSA) is 38.3 Å². The van der Waals surface area contributed by atoms with Gasteiger partial charge in [0.15, 0.2) is 0 Å². The summed E-state index contributed by atoms with van der Waals surface area (Å²) in [5, 5.41) is 3.14. The summed E-state index contributed by atoms with van der Waals surface area (Å²) in [6.45, 7) is 15.5. The second kappa shape index (κ2) is 5.67. The quantitative estimate of drug-likeness (QED) is 0.753. The minimum atomic E-state index is -0.394. The van der Waals surface area contributed by atoms with Crippen LogP contribution in [0.1, 0.15) is 48.5 Å². The summed E-state index contributed by atoms with van der Waals surface area (Å²) in [4.78, 5) is 11.4. The van der Waals surface area contributed by atoms with Gasteiger partial charge in [-0.25, -0.2) is 0 Å². The molecule has 0 aliphatic carbocycles. The lowest BCUT2D eigenvalue weighted by Gasteiger charge is -2.27. The summed E-state index contributed by atoms with van der Waals surface area (Å²) in [7, 11) is 0. The molecular formula is C13H27NO2. The Bertz CT molecular complexity index is 223. The van der Waals surface area contributed by atoms with E-state index in [-0.39, 0.29) is 17.9 Å². The van der Waals surface area contributed by atoms with Crippen LogP contribution >= 0.6 is 0 Å². The second-order valence-electron chi connectivity index (χ2n) is 6.48. The summed E-state index contributed by atoms with van der Waals surface area (Å²) < 4.78 is 5.20. The van der Waals surface area contributed by atoms with Crippen LogP contribution in [0, 0.1) is 11.3 Å². The first-order valence-electron chi connectivity index (χ1n) is 5.95. The largest absolute Gasteiger partial charge is 0.459 e. The fourth-order valence-corrected chi connectivity index (χ4v) is 1.07. The Morgan fingerprint density at radius 1 is 1.19 bits per heavy atom. The zero-order chi connectivity index (χ0) is 13.0. The van der Waals surface area contributed by atoms with Gasteiger partial charge >= 0.3 is 5.97 Å². The molecule has 96 valence electrons. The molecule has 3 heteroatoms. The molecule has 0 fully saturated rings. The highest BCUT2D eigenvalue weighted by molar-refractivity contribution is 5.72. The number of rotatable bonds is 4. The minimum Gasteiger partial charge on any atom is -0.459 e. The van der Waals surface area contributed by atoms with Crippen LogP contribution in [0.3, 0.4) is 0 Å². The van der Waals surface area contributed by atoms with Crippen LogP contribution in [0.2, 0.25) is 0 Å². The van der Waals surface area contributed by atoms with Crippen molar-refractivity contribution in [2.24, 2.45) is 11.3 Å². The minimum absolute atomic E-state index is 0.186. The average Bonchev–Trinajstić information content (AvgIpc) is 1.98. The molecule has 3 nitrogen and oxygen atoms in total. The molecule has 0 heterocycles. The van der Waals surface area contributed by atoms with Crippen molar-refractivity contribution in [2.75, 3.05) is 13.1 Å². The van der Waals surface area contributed by atoms with E-state index in [2.05, 4.69) is 33.0 Å². The van der Waals surface area contributed by atoms with Crippen molar-refractivity contribution in [3.05, 3.63) is 0 Å².